The second kappa shape index (κ2) is 7.45. The molecule has 0 amide bonds. The summed E-state index contributed by atoms with van der Waals surface area (Å²) in [5.41, 5.74) is 0.811. The lowest BCUT2D eigenvalue weighted by Crippen LogP contribution is -2.48. The van der Waals surface area contributed by atoms with Gasteiger partial charge in [0.2, 0.25) is 10.0 Å². The van der Waals surface area contributed by atoms with E-state index in [9.17, 15) is 13.2 Å². The molecular formula is C16H20BrN3O4S. The standard InChI is InChI=1S/C16H20BrN3O4S/c1-2-12-9-13(17)3-4-15(12)25(22,23)20-7-5-19(6-8-20)11-14-10-18-16(21)24-14/h3-4,9-10H,2,5-8,11H2,1H3,(H,18,21). The van der Waals surface area contributed by atoms with Gasteiger partial charge in [0.05, 0.1) is 11.4 Å². The molecule has 1 aliphatic heterocycles. The molecule has 0 saturated carbocycles. The Hall–Kier alpha value is -1.42. The second-order valence-electron chi connectivity index (χ2n) is 5.93. The molecule has 25 heavy (non-hydrogen) atoms. The monoisotopic (exact) mass is 429 g/mol. The van der Waals surface area contributed by atoms with Crippen LogP contribution in [0.1, 0.15) is 18.2 Å². The van der Waals surface area contributed by atoms with Crippen LogP contribution >= 0.6 is 15.9 Å². The van der Waals surface area contributed by atoms with E-state index in [1.54, 1.807) is 18.3 Å². The molecule has 3 rings (SSSR count). The molecule has 136 valence electrons. The van der Waals surface area contributed by atoms with Crippen molar-refractivity contribution >= 4 is 26.0 Å². The summed E-state index contributed by atoms with van der Waals surface area (Å²) in [6.07, 6.45) is 2.20. The molecule has 1 N–H and O–H groups in total. The van der Waals surface area contributed by atoms with Gasteiger partial charge in [-0.25, -0.2) is 13.2 Å². The Morgan fingerprint density at radius 3 is 2.56 bits per heavy atom. The van der Waals surface area contributed by atoms with Crippen LogP contribution in [-0.4, -0.2) is 48.8 Å². The molecule has 1 fully saturated rings. The predicted molar refractivity (Wildman–Crippen MR) is 96.9 cm³/mol. The zero-order valence-electron chi connectivity index (χ0n) is 13.9. The molecule has 1 saturated heterocycles. The molecule has 2 heterocycles. The molecular weight excluding hydrogens is 410 g/mol. The normalized spacial score (nSPS) is 17.0. The van der Waals surface area contributed by atoms with Crippen molar-refractivity contribution in [2.24, 2.45) is 0 Å². The van der Waals surface area contributed by atoms with Crippen molar-refractivity contribution in [3.8, 4) is 0 Å². The van der Waals surface area contributed by atoms with Crippen LogP contribution in [0.4, 0.5) is 0 Å². The average Bonchev–Trinajstić information content (AvgIpc) is 3.00. The number of benzene rings is 1. The van der Waals surface area contributed by atoms with Crippen LogP contribution in [0.5, 0.6) is 0 Å². The number of aromatic nitrogens is 1. The minimum atomic E-state index is -3.51. The Morgan fingerprint density at radius 1 is 1.24 bits per heavy atom. The van der Waals surface area contributed by atoms with E-state index in [2.05, 4.69) is 25.8 Å². The summed E-state index contributed by atoms with van der Waals surface area (Å²) in [6.45, 7) is 4.44. The van der Waals surface area contributed by atoms with Crippen molar-refractivity contribution in [2.75, 3.05) is 26.2 Å². The van der Waals surface area contributed by atoms with E-state index >= 15 is 0 Å². The van der Waals surface area contributed by atoms with Gasteiger partial charge in [-0.1, -0.05) is 22.9 Å². The first-order valence-electron chi connectivity index (χ1n) is 8.08. The smallest absolute Gasteiger partial charge is 0.412 e. The minimum Gasteiger partial charge on any atom is -0.412 e. The fraction of sp³-hybridized carbons (Fsp3) is 0.438. The van der Waals surface area contributed by atoms with E-state index in [1.807, 2.05) is 13.0 Å². The molecule has 0 atom stereocenters. The topological polar surface area (TPSA) is 86.6 Å². The predicted octanol–water partition coefficient (Wildman–Crippen LogP) is 1.80. The van der Waals surface area contributed by atoms with Crippen molar-refractivity contribution in [1.29, 1.82) is 0 Å². The highest BCUT2D eigenvalue weighted by atomic mass is 79.9. The fourth-order valence-electron chi connectivity index (χ4n) is 2.96. The first kappa shape index (κ1) is 18.4. The summed E-state index contributed by atoms with van der Waals surface area (Å²) in [6, 6.07) is 5.28. The number of oxazole rings is 1. The van der Waals surface area contributed by atoms with Crippen molar-refractivity contribution in [1.82, 2.24) is 14.2 Å². The van der Waals surface area contributed by atoms with Crippen LogP contribution in [0, 0.1) is 0 Å². The van der Waals surface area contributed by atoms with E-state index in [4.69, 9.17) is 4.42 Å². The van der Waals surface area contributed by atoms with Gasteiger partial charge in [-0.15, -0.1) is 0 Å². The lowest BCUT2D eigenvalue weighted by atomic mass is 10.2. The quantitative estimate of drug-likeness (QED) is 0.782. The number of hydrogen-bond acceptors (Lipinski definition) is 5. The maximum absolute atomic E-state index is 13.0. The summed E-state index contributed by atoms with van der Waals surface area (Å²) in [5.74, 6) is 0.0843. The summed E-state index contributed by atoms with van der Waals surface area (Å²) >= 11 is 3.39. The number of piperazine rings is 1. The Bertz CT molecular complexity index is 898. The van der Waals surface area contributed by atoms with Crippen molar-refractivity contribution in [2.45, 2.75) is 24.8 Å². The highest BCUT2D eigenvalue weighted by molar-refractivity contribution is 9.10. The van der Waals surface area contributed by atoms with Gasteiger partial charge in [0.1, 0.15) is 5.76 Å². The number of halogens is 1. The van der Waals surface area contributed by atoms with Crippen LogP contribution < -0.4 is 5.76 Å². The Kier molecular flexibility index (Phi) is 5.47. The Morgan fingerprint density at radius 2 is 1.96 bits per heavy atom. The summed E-state index contributed by atoms with van der Waals surface area (Å²) in [4.78, 5) is 15.9. The van der Waals surface area contributed by atoms with Gasteiger partial charge in [0, 0.05) is 36.8 Å². The molecule has 0 bridgehead atoms. The van der Waals surface area contributed by atoms with Gasteiger partial charge in [0.15, 0.2) is 0 Å². The zero-order chi connectivity index (χ0) is 18.0. The number of rotatable bonds is 5. The Labute approximate surface area is 154 Å². The second-order valence-corrected chi connectivity index (χ2v) is 8.75. The van der Waals surface area contributed by atoms with Gasteiger partial charge in [-0.05, 0) is 30.2 Å². The number of hydrogen-bond donors (Lipinski definition) is 1. The Balaban J connectivity index is 1.70. The van der Waals surface area contributed by atoms with E-state index in [0.29, 0.717) is 49.8 Å². The number of sulfonamides is 1. The summed E-state index contributed by atoms with van der Waals surface area (Å²) in [5, 5.41) is 0. The molecule has 1 aliphatic rings. The fourth-order valence-corrected chi connectivity index (χ4v) is 5.06. The molecule has 1 aromatic carbocycles. The SMILES string of the molecule is CCc1cc(Br)ccc1S(=O)(=O)N1CCN(Cc2c[nH]c(=O)o2)CC1. The van der Waals surface area contributed by atoms with Crippen LogP contribution in [-0.2, 0) is 23.0 Å². The maximum atomic E-state index is 13.0. The summed E-state index contributed by atoms with van der Waals surface area (Å²) < 4.78 is 33.4. The molecule has 0 unspecified atom stereocenters. The maximum Gasteiger partial charge on any atom is 0.416 e. The van der Waals surface area contributed by atoms with Crippen molar-refractivity contribution in [3.63, 3.8) is 0 Å². The van der Waals surface area contributed by atoms with Crippen LogP contribution in [0.2, 0.25) is 0 Å². The molecule has 2 aromatic rings. The molecule has 0 radical (unpaired) electrons. The van der Waals surface area contributed by atoms with Crippen LogP contribution in [0.3, 0.4) is 0 Å². The molecule has 0 spiro atoms. The molecule has 7 nitrogen and oxygen atoms in total. The number of H-pyrrole nitrogens is 1. The van der Waals surface area contributed by atoms with Crippen molar-refractivity contribution < 1.29 is 12.8 Å². The summed E-state index contributed by atoms with van der Waals surface area (Å²) in [7, 11) is -3.51. The van der Waals surface area contributed by atoms with Crippen LogP contribution in [0.25, 0.3) is 0 Å². The number of aryl methyl sites for hydroxylation is 1. The third-order valence-corrected chi connectivity index (χ3v) is 6.80. The molecule has 1 aromatic heterocycles. The van der Waals surface area contributed by atoms with E-state index < -0.39 is 15.8 Å². The lowest BCUT2D eigenvalue weighted by molar-refractivity contribution is 0.170. The first-order valence-corrected chi connectivity index (χ1v) is 10.3. The number of nitrogens with one attached hydrogen (secondary N) is 1. The lowest BCUT2D eigenvalue weighted by Gasteiger charge is -2.33. The number of aromatic amines is 1. The van der Waals surface area contributed by atoms with Gasteiger partial charge in [-0.3, -0.25) is 9.88 Å². The first-order chi connectivity index (χ1) is 11.9. The third-order valence-electron chi connectivity index (χ3n) is 4.31. The average molecular weight is 430 g/mol. The highest BCUT2D eigenvalue weighted by Gasteiger charge is 2.30. The van der Waals surface area contributed by atoms with Gasteiger partial charge in [-0.2, -0.15) is 4.31 Å². The third kappa shape index (κ3) is 4.05. The van der Waals surface area contributed by atoms with E-state index in [-0.39, 0.29) is 0 Å². The van der Waals surface area contributed by atoms with Crippen molar-refractivity contribution in [3.05, 3.63) is 50.7 Å². The van der Waals surface area contributed by atoms with Gasteiger partial charge in [0.25, 0.3) is 0 Å². The minimum absolute atomic E-state index is 0.378. The number of nitrogens with zero attached hydrogens (tertiary/aromatic N) is 2. The van der Waals surface area contributed by atoms with E-state index in [0.717, 1.165) is 10.0 Å². The molecule has 0 aliphatic carbocycles. The largest absolute Gasteiger partial charge is 0.416 e. The highest BCUT2D eigenvalue weighted by Crippen LogP contribution is 2.25. The molecule has 9 heteroatoms. The van der Waals surface area contributed by atoms with Gasteiger partial charge < -0.3 is 4.42 Å². The zero-order valence-corrected chi connectivity index (χ0v) is 16.3. The van der Waals surface area contributed by atoms with Gasteiger partial charge >= 0.3 is 5.76 Å². The van der Waals surface area contributed by atoms with E-state index in [1.165, 1.54) is 4.31 Å². The van der Waals surface area contributed by atoms with Crippen LogP contribution in [0.15, 0.2) is 43.0 Å².